The van der Waals surface area contributed by atoms with E-state index in [1.165, 1.54) is 18.2 Å². The number of rotatable bonds is 6. The summed E-state index contributed by atoms with van der Waals surface area (Å²) < 4.78 is 46.4. The van der Waals surface area contributed by atoms with Crippen LogP contribution in [0.1, 0.15) is 43.8 Å². The maximum absolute atomic E-state index is 12.3. The smallest absolute Gasteiger partial charge is 0.405 e. The average molecular weight is 304 g/mol. The first kappa shape index (κ1) is 16.1. The van der Waals surface area contributed by atoms with E-state index in [-0.39, 0.29) is 17.4 Å². The highest BCUT2D eigenvalue weighted by Crippen LogP contribution is 2.32. The van der Waals surface area contributed by atoms with Gasteiger partial charge in [-0.15, -0.1) is 13.2 Å². The first-order chi connectivity index (χ1) is 9.96. The second-order valence-corrected chi connectivity index (χ2v) is 5.17. The lowest BCUT2D eigenvalue weighted by molar-refractivity contribution is -0.275. The number of para-hydroxylation sites is 1. The molecular weight excluding hydrogens is 285 g/mol. The molecule has 0 radical (unpaired) electrons. The number of halogens is 3. The molecule has 1 fully saturated rings. The third kappa shape index (κ3) is 5.21. The van der Waals surface area contributed by atoms with E-state index < -0.39 is 12.5 Å². The molecule has 1 aliphatic heterocycles. The normalized spacial score (nSPS) is 20.5. The lowest BCUT2D eigenvalue weighted by Gasteiger charge is -2.17. The van der Waals surface area contributed by atoms with Crippen molar-refractivity contribution >= 4 is 0 Å². The highest BCUT2D eigenvalue weighted by atomic mass is 19.4. The molecule has 1 heterocycles. The molecule has 0 aromatic heterocycles. The first-order valence-electron chi connectivity index (χ1n) is 7.10. The van der Waals surface area contributed by atoms with Crippen molar-refractivity contribution in [3.8, 4) is 5.75 Å². The van der Waals surface area contributed by atoms with Crippen LogP contribution in [0.4, 0.5) is 13.2 Å². The Bertz CT molecular complexity index is 442. The Balaban J connectivity index is 1.90. The Hall–Kier alpha value is -1.27. The number of aliphatic hydroxyl groups is 1. The van der Waals surface area contributed by atoms with E-state index in [2.05, 4.69) is 4.74 Å². The average Bonchev–Trinajstić information content (AvgIpc) is 2.90. The van der Waals surface area contributed by atoms with Gasteiger partial charge in [-0.2, -0.15) is 0 Å². The van der Waals surface area contributed by atoms with Gasteiger partial charge >= 0.3 is 6.36 Å². The van der Waals surface area contributed by atoms with Gasteiger partial charge in [0, 0.05) is 12.2 Å². The zero-order valence-electron chi connectivity index (χ0n) is 11.6. The van der Waals surface area contributed by atoms with Crippen LogP contribution in [0, 0.1) is 0 Å². The molecule has 2 unspecified atom stereocenters. The Labute approximate surface area is 121 Å². The SMILES string of the molecule is OC(CCCC1CCCO1)c1ccccc1OC(F)(F)F. The summed E-state index contributed by atoms with van der Waals surface area (Å²) in [6.45, 7) is 0.773. The molecule has 21 heavy (non-hydrogen) atoms. The van der Waals surface area contributed by atoms with Gasteiger partial charge in [0.2, 0.25) is 0 Å². The molecule has 1 saturated heterocycles. The molecule has 0 amide bonds. The quantitative estimate of drug-likeness (QED) is 0.864. The van der Waals surface area contributed by atoms with E-state index in [1.54, 1.807) is 6.07 Å². The Morgan fingerprint density at radius 1 is 1.33 bits per heavy atom. The highest BCUT2D eigenvalue weighted by molar-refractivity contribution is 5.35. The lowest BCUT2D eigenvalue weighted by atomic mass is 10.0. The van der Waals surface area contributed by atoms with Crippen LogP contribution in [0.15, 0.2) is 24.3 Å². The minimum Gasteiger partial charge on any atom is -0.405 e. The Morgan fingerprint density at radius 3 is 2.76 bits per heavy atom. The number of alkyl halides is 3. The molecule has 118 valence electrons. The van der Waals surface area contributed by atoms with Gasteiger partial charge in [0.15, 0.2) is 0 Å². The summed E-state index contributed by atoms with van der Waals surface area (Å²) in [5, 5.41) is 10.1. The van der Waals surface area contributed by atoms with Crippen LogP contribution in [0.3, 0.4) is 0 Å². The molecule has 1 aromatic rings. The minimum absolute atomic E-state index is 0.169. The Kier molecular flexibility index (Phi) is 5.47. The van der Waals surface area contributed by atoms with E-state index in [9.17, 15) is 18.3 Å². The van der Waals surface area contributed by atoms with Gasteiger partial charge in [-0.25, -0.2) is 0 Å². The van der Waals surface area contributed by atoms with Crippen LogP contribution in [0.2, 0.25) is 0 Å². The molecule has 0 spiro atoms. The predicted octanol–water partition coefficient (Wildman–Crippen LogP) is 3.97. The van der Waals surface area contributed by atoms with Crippen molar-refractivity contribution in [2.45, 2.75) is 50.7 Å². The van der Waals surface area contributed by atoms with Gasteiger partial charge in [-0.05, 0) is 38.2 Å². The van der Waals surface area contributed by atoms with E-state index in [0.717, 1.165) is 25.9 Å². The summed E-state index contributed by atoms with van der Waals surface area (Å²) in [6.07, 6.45) is -1.53. The van der Waals surface area contributed by atoms with E-state index in [1.807, 2.05) is 0 Å². The molecular formula is C15H19F3O3. The number of ether oxygens (including phenoxy) is 2. The van der Waals surface area contributed by atoms with Crippen LogP contribution < -0.4 is 4.74 Å². The Morgan fingerprint density at radius 2 is 2.10 bits per heavy atom. The fraction of sp³-hybridized carbons (Fsp3) is 0.600. The van der Waals surface area contributed by atoms with E-state index in [0.29, 0.717) is 12.8 Å². The van der Waals surface area contributed by atoms with E-state index in [4.69, 9.17) is 4.74 Å². The van der Waals surface area contributed by atoms with Crippen LogP contribution in [0.25, 0.3) is 0 Å². The number of aliphatic hydroxyl groups excluding tert-OH is 1. The molecule has 0 saturated carbocycles. The maximum Gasteiger partial charge on any atom is 0.573 e. The van der Waals surface area contributed by atoms with Crippen molar-refractivity contribution in [1.29, 1.82) is 0 Å². The van der Waals surface area contributed by atoms with Gasteiger partial charge in [0.1, 0.15) is 5.75 Å². The van der Waals surface area contributed by atoms with Crippen molar-refractivity contribution in [2.75, 3.05) is 6.61 Å². The zero-order chi connectivity index (χ0) is 15.3. The fourth-order valence-electron chi connectivity index (χ4n) is 2.54. The molecule has 2 atom stereocenters. The molecule has 2 rings (SSSR count). The zero-order valence-corrected chi connectivity index (χ0v) is 11.6. The number of benzene rings is 1. The summed E-state index contributed by atoms with van der Waals surface area (Å²) in [5.41, 5.74) is 0.169. The largest absolute Gasteiger partial charge is 0.573 e. The van der Waals surface area contributed by atoms with Gasteiger partial charge < -0.3 is 14.6 Å². The van der Waals surface area contributed by atoms with Gasteiger partial charge in [-0.3, -0.25) is 0 Å². The minimum atomic E-state index is -4.76. The van der Waals surface area contributed by atoms with Gasteiger partial charge in [0.05, 0.1) is 12.2 Å². The molecule has 0 bridgehead atoms. The topological polar surface area (TPSA) is 38.7 Å². The van der Waals surface area contributed by atoms with Crippen LogP contribution in [-0.2, 0) is 4.74 Å². The van der Waals surface area contributed by atoms with Crippen molar-refractivity contribution in [1.82, 2.24) is 0 Å². The monoisotopic (exact) mass is 304 g/mol. The number of hydrogen-bond acceptors (Lipinski definition) is 3. The van der Waals surface area contributed by atoms with Gasteiger partial charge in [0.25, 0.3) is 0 Å². The summed E-state index contributed by atoms with van der Waals surface area (Å²) in [4.78, 5) is 0. The lowest BCUT2D eigenvalue weighted by Crippen LogP contribution is -2.18. The summed E-state index contributed by atoms with van der Waals surface area (Å²) in [5.74, 6) is -0.338. The van der Waals surface area contributed by atoms with Crippen LogP contribution in [0.5, 0.6) is 5.75 Å². The maximum atomic E-state index is 12.3. The molecule has 6 heteroatoms. The second kappa shape index (κ2) is 7.13. The summed E-state index contributed by atoms with van der Waals surface area (Å²) >= 11 is 0. The van der Waals surface area contributed by atoms with Crippen molar-refractivity contribution in [3.05, 3.63) is 29.8 Å². The van der Waals surface area contributed by atoms with Gasteiger partial charge in [-0.1, -0.05) is 18.2 Å². The van der Waals surface area contributed by atoms with Crippen LogP contribution in [-0.4, -0.2) is 24.2 Å². The van der Waals surface area contributed by atoms with Crippen LogP contribution >= 0.6 is 0 Å². The predicted molar refractivity (Wildman–Crippen MR) is 70.9 cm³/mol. The molecule has 1 aliphatic rings. The molecule has 1 aromatic carbocycles. The third-order valence-electron chi connectivity index (χ3n) is 3.53. The van der Waals surface area contributed by atoms with Crippen molar-refractivity contribution in [2.24, 2.45) is 0 Å². The molecule has 0 aliphatic carbocycles. The molecule has 3 nitrogen and oxygen atoms in total. The highest BCUT2D eigenvalue weighted by Gasteiger charge is 2.32. The second-order valence-electron chi connectivity index (χ2n) is 5.17. The summed E-state index contributed by atoms with van der Waals surface area (Å²) in [6, 6.07) is 5.70. The third-order valence-corrected chi connectivity index (χ3v) is 3.53. The van der Waals surface area contributed by atoms with E-state index >= 15 is 0 Å². The molecule has 1 N–H and O–H groups in total. The standard InChI is InChI=1S/C15H19F3O3/c16-15(17,18)21-14-9-2-1-7-12(14)13(19)8-3-5-11-6-4-10-20-11/h1-2,7,9,11,13,19H,3-6,8,10H2. The first-order valence-corrected chi connectivity index (χ1v) is 7.10. The number of hydrogen-bond donors (Lipinski definition) is 1. The summed E-state index contributed by atoms with van der Waals surface area (Å²) in [7, 11) is 0. The van der Waals surface area contributed by atoms with Crippen molar-refractivity contribution in [3.63, 3.8) is 0 Å². The van der Waals surface area contributed by atoms with Crippen molar-refractivity contribution < 1.29 is 27.8 Å². The fourth-order valence-corrected chi connectivity index (χ4v) is 2.54.